The molecule has 0 aliphatic carbocycles. The van der Waals surface area contributed by atoms with E-state index in [0.717, 1.165) is 20.3 Å². The number of ether oxygens (including phenoxy) is 1. The summed E-state index contributed by atoms with van der Waals surface area (Å²) in [5.74, 6) is 0.432. The molecule has 2 aromatic rings. The van der Waals surface area contributed by atoms with E-state index in [9.17, 15) is 4.79 Å². The Hall–Kier alpha value is -1.60. The van der Waals surface area contributed by atoms with Crippen molar-refractivity contribution in [3.63, 3.8) is 0 Å². The van der Waals surface area contributed by atoms with Crippen molar-refractivity contribution >= 4 is 44.0 Å². The fraction of sp³-hybridized carbons (Fsp3) is 0.0769. The van der Waals surface area contributed by atoms with Gasteiger partial charge in [0, 0.05) is 10.7 Å². The molecule has 5 nitrogen and oxygen atoms in total. The zero-order chi connectivity index (χ0) is 14.5. The van der Waals surface area contributed by atoms with E-state index >= 15 is 0 Å². The minimum absolute atomic E-state index is 0.306. The van der Waals surface area contributed by atoms with Crippen LogP contribution in [-0.4, -0.2) is 24.2 Å². The van der Waals surface area contributed by atoms with Gasteiger partial charge in [-0.25, -0.2) is 5.43 Å². The van der Waals surface area contributed by atoms with Crippen molar-refractivity contribution in [3.8, 4) is 5.75 Å². The van der Waals surface area contributed by atoms with Crippen molar-refractivity contribution in [1.82, 2.24) is 10.4 Å². The normalized spacial score (nSPS) is 10.8. The summed E-state index contributed by atoms with van der Waals surface area (Å²) in [7, 11) is 1.60. The zero-order valence-electron chi connectivity index (χ0n) is 10.5. The van der Waals surface area contributed by atoms with Gasteiger partial charge in [-0.2, -0.15) is 5.10 Å². The van der Waals surface area contributed by atoms with Crippen LogP contribution in [0.15, 0.2) is 44.5 Å². The molecule has 0 aliphatic heterocycles. The standard InChI is InChI=1S/C13H11Br2N3O2/c1-20-12-3-2-8(4-10(12)15)6-17-18-13(19)11-5-9(14)7-16-11/h2-7,16H,1H3,(H,18,19)/b17-6-. The second-order valence-electron chi connectivity index (χ2n) is 3.82. The molecule has 0 aliphatic rings. The molecular formula is C13H11Br2N3O2. The number of H-pyrrole nitrogens is 1. The number of methoxy groups -OCH3 is 1. The number of aromatic nitrogens is 1. The highest BCUT2D eigenvalue weighted by molar-refractivity contribution is 9.10. The lowest BCUT2D eigenvalue weighted by atomic mass is 10.2. The number of benzene rings is 1. The molecule has 0 unspecified atom stereocenters. The number of carbonyl (C=O) groups is 1. The molecule has 0 saturated carbocycles. The van der Waals surface area contributed by atoms with Crippen molar-refractivity contribution in [2.24, 2.45) is 5.10 Å². The molecule has 1 aromatic heterocycles. The van der Waals surface area contributed by atoms with E-state index in [1.165, 1.54) is 0 Å². The molecule has 7 heteroatoms. The molecule has 104 valence electrons. The van der Waals surface area contributed by atoms with Crippen molar-refractivity contribution in [1.29, 1.82) is 0 Å². The van der Waals surface area contributed by atoms with Gasteiger partial charge in [0.2, 0.25) is 0 Å². The van der Waals surface area contributed by atoms with E-state index in [1.54, 1.807) is 25.6 Å². The predicted molar refractivity (Wildman–Crippen MR) is 84.2 cm³/mol. The molecule has 2 N–H and O–H groups in total. The molecule has 1 amide bonds. The molecule has 0 bridgehead atoms. The van der Waals surface area contributed by atoms with Gasteiger partial charge in [-0.15, -0.1) is 0 Å². The monoisotopic (exact) mass is 399 g/mol. The first-order valence-corrected chi connectivity index (χ1v) is 7.19. The first kappa shape index (κ1) is 14.8. The molecule has 0 saturated heterocycles. The van der Waals surface area contributed by atoms with E-state index in [4.69, 9.17) is 4.74 Å². The fourth-order valence-corrected chi connectivity index (χ4v) is 2.39. The SMILES string of the molecule is COc1ccc(/C=N\NC(=O)c2cc(Br)c[nH]2)cc1Br. The third-order valence-corrected chi connectivity index (χ3v) is 3.53. The molecule has 2 rings (SSSR count). The summed E-state index contributed by atoms with van der Waals surface area (Å²) < 4.78 is 6.77. The van der Waals surface area contributed by atoms with Crippen LogP contribution in [0.2, 0.25) is 0 Å². The average molecular weight is 401 g/mol. The van der Waals surface area contributed by atoms with E-state index in [0.29, 0.717) is 5.69 Å². The Kier molecular flexibility index (Phi) is 4.97. The lowest BCUT2D eigenvalue weighted by molar-refractivity contribution is 0.0951. The van der Waals surface area contributed by atoms with Crippen LogP contribution in [0.3, 0.4) is 0 Å². The maximum atomic E-state index is 11.7. The first-order chi connectivity index (χ1) is 9.60. The molecule has 20 heavy (non-hydrogen) atoms. The van der Waals surface area contributed by atoms with Gasteiger partial charge in [-0.05, 0) is 61.7 Å². The van der Waals surface area contributed by atoms with Crippen LogP contribution in [0.1, 0.15) is 16.1 Å². The molecular weight excluding hydrogens is 390 g/mol. The van der Waals surface area contributed by atoms with Crippen LogP contribution in [0, 0.1) is 0 Å². The number of amides is 1. The highest BCUT2D eigenvalue weighted by Gasteiger charge is 2.06. The van der Waals surface area contributed by atoms with Crippen molar-refractivity contribution in [3.05, 3.63) is 50.7 Å². The van der Waals surface area contributed by atoms with Gasteiger partial charge in [-0.1, -0.05) is 0 Å². The minimum Gasteiger partial charge on any atom is -0.496 e. The van der Waals surface area contributed by atoms with E-state index < -0.39 is 0 Å². The van der Waals surface area contributed by atoms with Gasteiger partial charge in [0.25, 0.3) is 5.91 Å². The Labute approximate surface area is 132 Å². The van der Waals surface area contributed by atoms with Gasteiger partial charge in [0.1, 0.15) is 11.4 Å². The van der Waals surface area contributed by atoms with Crippen molar-refractivity contribution < 1.29 is 9.53 Å². The van der Waals surface area contributed by atoms with E-state index in [-0.39, 0.29) is 5.91 Å². The highest BCUT2D eigenvalue weighted by atomic mass is 79.9. The number of aromatic amines is 1. The number of hydrogen-bond donors (Lipinski definition) is 2. The van der Waals surface area contributed by atoms with Crippen LogP contribution in [0.25, 0.3) is 0 Å². The number of rotatable bonds is 4. The third-order valence-electron chi connectivity index (χ3n) is 2.45. The minimum atomic E-state index is -0.306. The Morgan fingerprint density at radius 3 is 2.80 bits per heavy atom. The number of hydrogen-bond acceptors (Lipinski definition) is 3. The molecule has 0 atom stereocenters. The number of nitrogens with zero attached hydrogens (tertiary/aromatic N) is 1. The van der Waals surface area contributed by atoms with Gasteiger partial charge in [0.15, 0.2) is 0 Å². The fourth-order valence-electron chi connectivity index (χ4n) is 1.49. The van der Waals surface area contributed by atoms with E-state index in [2.05, 4.69) is 47.4 Å². The average Bonchev–Trinajstić information content (AvgIpc) is 2.85. The smallest absolute Gasteiger partial charge is 0.287 e. The zero-order valence-corrected chi connectivity index (χ0v) is 13.7. The van der Waals surface area contributed by atoms with Crippen molar-refractivity contribution in [2.75, 3.05) is 7.11 Å². The van der Waals surface area contributed by atoms with Crippen LogP contribution >= 0.6 is 31.9 Å². The van der Waals surface area contributed by atoms with Gasteiger partial charge in [0.05, 0.1) is 17.8 Å². The largest absolute Gasteiger partial charge is 0.496 e. The second kappa shape index (κ2) is 6.71. The van der Waals surface area contributed by atoms with Crippen LogP contribution in [0.4, 0.5) is 0 Å². The van der Waals surface area contributed by atoms with Gasteiger partial charge >= 0.3 is 0 Å². The van der Waals surface area contributed by atoms with Crippen LogP contribution in [-0.2, 0) is 0 Å². The summed E-state index contributed by atoms with van der Waals surface area (Å²) >= 11 is 6.64. The Balaban J connectivity index is 2.00. The third kappa shape index (κ3) is 3.71. The second-order valence-corrected chi connectivity index (χ2v) is 5.59. The number of nitrogens with one attached hydrogen (secondary N) is 2. The van der Waals surface area contributed by atoms with Crippen molar-refractivity contribution in [2.45, 2.75) is 0 Å². The topological polar surface area (TPSA) is 66.5 Å². The predicted octanol–water partition coefficient (Wildman–Crippen LogP) is 3.31. The Morgan fingerprint density at radius 1 is 1.40 bits per heavy atom. The summed E-state index contributed by atoms with van der Waals surface area (Å²) in [5.41, 5.74) is 3.71. The maximum absolute atomic E-state index is 11.7. The first-order valence-electron chi connectivity index (χ1n) is 5.61. The molecule has 1 aromatic carbocycles. The maximum Gasteiger partial charge on any atom is 0.287 e. The molecule has 0 fully saturated rings. The quantitative estimate of drug-likeness (QED) is 0.610. The van der Waals surface area contributed by atoms with Crippen LogP contribution < -0.4 is 10.2 Å². The van der Waals surface area contributed by atoms with E-state index in [1.807, 2.05) is 18.2 Å². The summed E-state index contributed by atoms with van der Waals surface area (Å²) in [6.07, 6.45) is 3.24. The highest BCUT2D eigenvalue weighted by Crippen LogP contribution is 2.24. The number of hydrazone groups is 1. The number of carbonyl (C=O) groups excluding carboxylic acids is 1. The van der Waals surface area contributed by atoms with Gasteiger partial charge in [-0.3, -0.25) is 4.79 Å². The summed E-state index contributed by atoms with van der Waals surface area (Å²) in [6, 6.07) is 7.17. The number of halogens is 2. The summed E-state index contributed by atoms with van der Waals surface area (Å²) in [6.45, 7) is 0. The lowest BCUT2D eigenvalue weighted by Gasteiger charge is -2.03. The summed E-state index contributed by atoms with van der Waals surface area (Å²) in [5, 5.41) is 3.90. The molecule has 0 spiro atoms. The molecule has 1 heterocycles. The molecule has 0 radical (unpaired) electrons. The summed E-state index contributed by atoms with van der Waals surface area (Å²) in [4.78, 5) is 14.5. The Morgan fingerprint density at radius 2 is 2.20 bits per heavy atom. The lowest BCUT2D eigenvalue weighted by Crippen LogP contribution is -2.17. The van der Waals surface area contributed by atoms with Gasteiger partial charge < -0.3 is 9.72 Å². The Bertz CT molecular complexity index is 653. The van der Waals surface area contributed by atoms with Crippen LogP contribution in [0.5, 0.6) is 5.75 Å².